The summed E-state index contributed by atoms with van der Waals surface area (Å²) < 4.78 is 0. The molecule has 3 nitrogen and oxygen atoms in total. The first-order chi connectivity index (χ1) is 9.33. The molecule has 0 N–H and O–H groups in total. The van der Waals surface area contributed by atoms with Crippen LogP contribution in [0.4, 0.5) is 0 Å². The second-order valence-corrected chi connectivity index (χ2v) is 6.12. The fourth-order valence-electron chi connectivity index (χ4n) is 2.78. The summed E-state index contributed by atoms with van der Waals surface area (Å²) in [7, 11) is 0. The molecule has 0 aliphatic carbocycles. The van der Waals surface area contributed by atoms with Crippen molar-refractivity contribution in [2.45, 2.75) is 38.8 Å². The minimum absolute atomic E-state index is 0.456. The van der Waals surface area contributed by atoms with Crippen molar-refractivity contribution in [2.24, 2.45) is 0 Å². The summed E-state index contributed by atoms with van der Waals surface area (Å²) in [6.45, 7) is 4.19. The lowest BCUT2D eigenvalue weighted by molar-refractivity contribution is 0.138. The summed E-state index contributed by atoms with van der Waals surface area (Å²) in [5.41, 5.74) is 1.18. The molecule has 0 bridgehead atoms. The lowest BCUT2D eigenvalue weighted by atomic mass is 9.99. The highest BCUT2D eigenvalue weighted by molar-refractivity contribution is 7.09. The Morgan fingerprint density at radius 1 is 1.37 bits per heavy atom. The van der Waals surface area contributed by atoms with Gasteiger partial charge in [0.1, 0.15) is 5.82 Å². The summed E-state index contributed by atoms with van der Waals surface area (Å²) in [6.07, 6.45) is 5.69. The molecule has 1 aliphatic heterocycles. The average Bonchev–Trinajstić information content (AvgIpc) is 2.92. The molecule has 0 amide bonds. The highest BCUT2D eigenvalue weighted by Crippen LogP contribution is 2.31. The molecule has 4 heteroatoms. The smallest absolute Gasteiger partial charge is 0.125 e. The molecule has 1 saturated heterocycles. The van der Waals surface area contributed by atoms with Crippen molar-refractivity contribution < 1.29 is 0 Å². The molecule has 19 heavy (non-hydrogen) atoms. The third kappa shape index (κ3) is 3.01. The third-order valence-corrected chi connectivity index (χ3v) is 4.55. The average molecular weight is 273 g/mol. The molecular formula is C15H19N3S. The van der Waals surface area contributed by atoms with E-state index in [0.717, 1.165) is 12.4 Å². The van der Waals surface area contributed by atoms with Crippen LogP contribution in [0.3, 0.4) is 0 Å². The van der Waals surface area contributed by atoms with Crippen molar-refractivity contribution in [3.05, 3.63) is 46.2 Å². The van der Waals surface area contributed by atoms with Crippen molar-refractivity contribution in [1.82, 2.24) is 14.9 Å². The first-order valence-electron chi connectivity index (χ1n) is 6.89. The molecule has 0 aromatic carbocycles. The van der Waals surface area contributed by atoms with E-state index in [0.29, 0.717) is 6.04 Å². The van der Waals surface area contributed by atoms with Crippen LogP contribution < -0.4 is 0 Å². The zero-order chi connectivity index (χ0) is 13.1. The van der Waals surface area contributed by atoms with E-state index in [4.69, 9.17) is 0 Å². The Morgan fingerprint density at radius 3 is 3.11 bits per heavy atom. The van der Waals surface area contributed by atoms with E-state index in [1.165, 1.54) is 36.4 Å². The van der Waals surface area contributed by atoms with Gasteiger partial charge in [-0.3, -0.25) is 4.90 Å². The van der Waals surface area contributed by atoms with Crippen LogP contribution >= 0.6 is 11.3 Å². The van der Waals surface area contributed by atoms with Gasteiger partial charge < -0.3 is 0 Å². The summed E-state index contributed by atoms with van der Waals surface area (Å²) >= 11 is 1.84. The maximum absolute atomic E-state index is 4.63. The van der Waals surface area contributed by atoms with Crippen LogP contribution in [0.5, 0.6) is 0 Å². The number of piperidine rings is 1. The van der Waals surface area contributed by atoms with Crippen LogP contribution in [-0.4, -0.2) is 21.4 Å². The quantitative estimate of drug-likeness (QED) is 0.856. The lowest BCUT2D eigenvalue weighted by Gasteiger charge is -2.35. The Kier molecular flexibility index (Phi) is 3.89. The summed E-state index contributed by atoms with van der Waals surface area (Å²) in [4.78, 5) is 12.8. The summed E-state index contributed by atoms with van der Waals surface area (Å²) in [5, 5.41) is 2.16. The van der Waals surface area contributed by atoms with E-state index in [-0.39, 0.29) is 0 Å². The van der Waals surface area contributed by atoms with E-state index in [9.17, 15) is 0 Å². The topological polar surface area (TPSA) is 29.0 Å². The molecule has 0 saturated carbocycles. The van der Waals surface area contributed by atoms with Gasteiger partial charge in [-0.05, 0) is 43.8 Å². The molecule has 3 heterocycles. The maximum atomic E-state index is 4.63. The van der Waals surface area contributed by atoms with Gasteiger partial charge in [0.05, 0.1) is 11.7 Å². The van der Waals surface area contributed by atoms with Gasteiger partial charge in [-0.25, -0.2) is 9.97 Å². The van der Waals surface area contributed by atoms with Gasteiger partial charge in [0.2, 0.25) is 0 Å². The van der Waals surface area contributed by atoms with Gasteiger partial charge >= 0.3 is 0 Å². The van der Waals surface area contributed by atoms with Crippen molar-refractivity contribution in [3.63, 3.8) is 0 Å². The third-order valence-electron chi connectivity index (χ3n) is 3.69. The number of thiophene rings is 1. The van der Waals surface area contributed by atoms with Crippen molar-refractivity contribution in [2.75, 3.05) is 6.54 Å². The van der Waals surface area contributed by atoms with Crippen molar-refractivity contribution >= 4 is 11.3 Å². The van der Waals surface area contributed by atoms with Crippen LogP contribution in [-0.2, 0) is 6.54 Å². The van der Waals surface area contributed by atoms with Gasteiger partial charge in [-0.15, -0.1) is 11.3 Å². The Balaban J connectivity index is 1.80. The normalized spacial score (nSPS) is 20.6. The molecule has 3 rings (SSSR count). The molecule has 1 aliphatic rings. The minimum Gasteiger partial charge on any atom is -0.290 e. The summed E-state index contributed by atoms with van der Waals surface area (Å²) in [6, 6.07) is 6.89. The van der Waals surface area contributed by atoms with Crippen molar-refractivity contribution in [3.8, 4) is 0 Å². The summed E-state index contributed by atoms with van der Waals surface area (Å²) in [5.74, 6) is 0.874. The lowest BCUT2D eigenvalue weighted by Crippen LogP contribution is -2.33. The van der Waals surface area contributed by atoms with Gasteiger partial charge in [-0.2, -0.15) is 0 Å². The zero-order valence-corrected chi connectivity index (χ0v) is 12.1. The van der Waals surface area contributed by atoms with Gasteiger partial charge in [0.25, 0.3) is 0 Å². The van der Waals surface area contributed by atoms with Gasteiger partial charge in [-0.1, -0.05) is 12.5 Å². The number of aromatic nitrogens is 2. The largest absolute Gasteiger partial charge is 0.290 e. The SMILES string of the molecule is Cc1nccc([C@H]2CCCCN2Cc2cccs2)n1. The van der Waals surface area contributed by atoms with Crippen LogP contribution in [0, 0.1) is 6.92 Å². The highest BCUT2D eigenvalue weighted by Gasteiger charge is 2.25. The maximum Gasteiger partial charge on any atom is 0.125 e. The Morgan fingerprint density at radius 2 is 2.32 bits per heavy atom. The number of likely N-dealkylation sites (tertiary alicyclic amines) is 1. The Hall–Kier alpha value is -1.26. The van der Waals surface area contributed by atoms with E-state index >= 15 is 0 Å². The molecule has 1 fully saturated rings. The predicted octanol–water partition coefficient (Wildman–Crippen LogP) is 3.57. The van der Waals surface area contributed by atoms with E-state index in [1.807, 2.05) is 24.5 Å². The minimum atomic E-state index is 0.456. The number of hydrogen-bond donors (Lipinski definition) is 0. The molecule has 100 valence electrons. The molecule has 0 spiro atoms. The number of rotatable bonds is 3. The number of nitrogens with zero attached hydrogens (tertiary/aromatic N) is 3. The van der Waals surface area contributed by atoms with E-state index < -0.39 is 0 Å². The fourth-order valence-corrected chi connectivity index (χ4v) is 3.51. The van der Waals surface area contributed by atoms with Crippen LogP contribution in [0.1, 0.15) is 41.7 Å². The number of aryl methyl sites for hydroxylation is 1. The first-order valence-corrected chi connectivity index (χ1v) is 7.77. The van der Waals surface area contributed by atoms with Crippen LogP contribution in [0.25, 0.3) is 0 Å². The van der Waals surface area contributed by atoms with Crippen LogP contribution in [0.15, 0.2) is 29.8 Å². The monoisotopic (exact) mass is 273 g/mol. The van der Waals surface area contributed by atoms with E-state index in [2.05, 4.69) is 38.4 Å². The molecule has 1 atom stereocenters. The highest BCUT2D eigenvalue weighted by atomic mass is 32.1. The molecule has 2 aromatic heterocycles. The van der Waals surface area contributed by atoms with E-state index in [1.54, 1.807) is 0 Å². The molecule has 2 aromatic rings. The Labute approximate surface area is 118 Å². The Bertz CT molecular complexity index is 524. The van der Waals surface area contributed by atoms with Gasteiger partial charge in [0.15, 0.2) is 0 Å². The van der Waals surface area contributed by atoms with Crippen molar-refractivity contribution in [1.29, 1.82) is 0 Å². The molecular weight excluding hydrogens is 254 g/mol. The first kappa shape index (κ1) is 12.8. The zero-order valence-electron chi connectivity index (χ0n) is 11.2. The second kappa shape index (κ2) is 5.80. The standard InChI is InChI=1S/C15H19N3S/c1-12-16-8-7-14(17-12)15-6-2-3-9-18(15)11-13-5-4-10-19-13/h4-5,7-8,10,15H,2-3,6,9,11H2,1H3/t15-/m1/s1. The fraction of sp³-hybridized carbons (Fsp3) is 0.467. The second-order valence-electron chi connectivity index (χ2n) is 5.09. The van der Waals surface area contributed by atoms with Gasteiger partial charge in [0, 0.05) is 17.6 Å². The molecule has 0 unspecified atom stereocenters. The predicted molar refractivity (Wildman–Crippen MR) is 78.1 cm³/mol. The van der Waals surface area contributed by atoms with Crippen LogP contribution in [0.2, 0.25) is 0 Å². The number of hydrogen-bond acceptors (Lipinski definition) is 4. The molecule has 0 radical (unpaired) electrons.